The summed E-state index contributed by atoms with van der Waals surface area (Å²) in [5.41, 5.74) is 0. The van der Waals surface area contributed by atoms with Crippen LogP contribution in [0.15, 0.2) is 60.7 Å². The molecule has 0 amide bonds. The lowest BCUT2D eigenvalue weighted by molar-refractivity contribution is 0.480. The Balaban J connectivity index is 2.00. The molecule has 0 heterocycles. The van der Waals surface area contributed by atoms with Gasteiger partial charge in [-0.05, 0) is 36.6 Å². The van der Waals surface area contributed by atoms with E-state index in [1.54, 1.807) is 0 Å². The molecule has 0 bridgehead atoms. The molecular formula is C17H21O2P. The fraction of sp³-hybridized carbons (Fsp3) is 0.294. The molecule has 0 saturated heterocycles. The number of hydrogen-bond acceptors (Lipinski definition) is 2. The molecule has 2 aromatic rings. The molecule has 0 unspecified atom stereocenters. The van der Waals surface area contributed by atoms with Crippen molar-refractivity contribution in [2.24, 2.45) is 5.92 Å². The fourth-order valence-corrected chi connectivity index (χ4v) is 3.33. The quantitative estimate of drug-likeness (QED) is 0.626. The van der Waals surface area contributed by atoms with E-state index in [1.807, 2.05) is 60.7 Å². The second kappa shape index (κ2) is 7.91. The van der Waals surface area contributed by atoms with E-state index in [-0.39, 0.29) is 0 Å². The van der Waals surface area contributed by atoms with Crippen LogP contribution in [0.3, 0.4) is 0 Å². The Kier molecular flexibility index (Phi) is 5.88. The van der Waals surface area contributed by atoms with Crippen molar-refractivity contribution in [1.82, 2.24) is 0 Å². The standard InChI is InChI=1S/C17H21O2P/c1-15(2)13-14-20(18-16-9-5-3-6-10-16)19-17-11-7-4-8-12-17/h3-12,15H,13-14H2,1-2H3. The molecule has 20 heavy (non-hydrogen) atoms. The lowest BCUT2D eigenvalue weighted by atomic mass is 10.2. The van der Waals surface area contributed by atoms with Crippen LogP contribution in [0.1, 0.15) is 20.3 Å². The zero-order chi connectivity index (χ0) is 14.2. The van der Waals surface area contributed by atoms with Gasteiger partial charge >= 0.3 is 0 Å². The van der Waals surface area contributed by atoms with E-state index in [0.29, 0.717) is 5.92 Å². The summed E-state index contributed by atoms with van der Waals surface area (Å²) in [7, 11) is -0.946. The van der Waals surface area contributed by atoms with Gasteiger partial charge in [0, 0.05) is 6.16 Å². The molecule has 0 aliphatic heterocycles. The average Bonchev–Trinajstić information content (AvgIpc) is 2.47. The Morgan fingerprint density at radius 1 is 0.800 bits per heavy atom. The van der Waals surface area contributed by atoms with Gasteiger partial charge in [0.15, 0.2) is 0 Å². The van der Waals surface area contributed by atoms with Crippen molar-refractivity contribution in [2.75, 3.05) is 6.16 Å². The van der Waals surface area contributed by atoms with Crippen LogP contribution in [0.2, 0.25) is 0 Å². The molecule has 0 N–H and O–H groups in total. The Labute approximate surface area is 122 Å². The number of hydrogen-bond donors (Lipinski definition) is 0. The molecule has 2 rings (SSSR count). The van der Waals surface area contributed by atoms with E-state index in [1.165, 1.54) is 0 Å². The van der Waals surface area contributed by atoms with Crippen LogP contribution >= 0.6 is 8.38 Å². The van der Waals surface area contributed by atoms with Gasteiger partial charge in [0.1, 0.15) is 11.5 Å². The first-order valence-corrected chi connectivity index (χ1v) is 8.34. The molecule has 3 heteroatoms. The van der Waals surface area contributed by atoms with Crippen molar-refractivity contribution in [3.05, 3.63) is 60.7 Å². The second-order valence-electron chi connectivity index (χ2n) is 5.05. The second-order valence-corrected chi connectivity index (χ2v) is 6.53. The monoisotopic (exact) mass is 288 g/mol. The topological polar surface area (TPSA) is 18.5 Å². The van der Waals surface area contributed by atoms with Crippen molar-refractivity contribution in [3.8, 4) is 11.5 Å². The minimum atomic E-state index is -0.946. The van der Waals surface area contributed by atoms with E-state index in [0.717, 1.165) is 24.1 Å². The van der Waals surface area contributed by atoms with Gasteiger partial charge in [-0.3, -0.25) is 0 Å². The van der Waals surface area contributed by atoms with Gasteiger partial charge in [0.05, 0.1) is 0 Å². The highest BCUT2D eigenvalue weighted by molar-refractivity contribution is 7.48. The predicted molar refractivity (Wildman–Crippen MR) is 85.4 cm³/mol. The summed E-state index contributed by atoms with van der Waals surface area (Å²) in [5.74, 6) is 2.40. The summed E-state index contributed by atoms with van der Waals surface area (Å²) in [5, 5.41) is 0. The molecular weight excluding hydrogens is 267 g/mol. The molecule has 0 atom stereocenters. The Bertz CT molecular complexity index is 443. The number of para-hydroxylation sites is 2. The van der Waals surface area contributed by atoms with E-state index in [9.17, 15) is 0 Å². The smallest absolute Gasteiger partial charge is 0.290 e. The van der Waals surface area contributed by atoms with Gasteiger partial charge in [-0.1, -0.05) is 50.2 Å². The summed E-state index contributed by atoms with van der Waals surface area (Å²) in [6, 6.07) is 19.8. The van der Waals surface area contributed by atoms with Crippen molar-refractivity contribution < 1.29 is 9.05 Å². The fourth-order valence-electron chi connectivity index (χ4n) is 1.67. The zero-order valence-corrected chi connectivity index (χ0v) is 12.9. The van der Waals surface area contributed by atoms with Crippen LogP contribution in [-0.2, 0) is 0 Å². The normalized spacial score (nSPS) is 10.8. The maximum Gasteiger partial charge on any atom is 0.290 e. The van der Waals surface area contributed by atoms with Gasteiger partial charge in [0.25, 0.3) is 8.38 Å². The summed E-state index contributed by atoms with van der Waals surface area (Å²) in [4.78, 5) is 0. The van der Waals surface area contributed by atoms with Crippen LogP contribution < -0.4 is 9.05 Å². The Morgan fingerprint density at radius 2 is 1.25 bits per heavy atom. The molecule has 0 aromatic heterocycles. The maximum atomic E-state index is 6.01. The number of rotatable bonds is 7. The van der Waals surface area contributed by atoms with Gasteiger partial charge in [-0.15, -0.1) is 0 Å². The predicted octanol–water partition coefficient (Wildman–Crippen LogP) is 5.50. The van der Waals surface area contributed by atoms with Crippen LogP contribution in [-0.4, -0.2) is 6.16 Å². The van der Waals surface area contributed by atoms with Gasteiger partial charge < -0.3 is 9.05 Å². The first-order chi connectivity index (χ1) is 9.74. The van der Waals surface area contributed by atoms with E-state index < -0.39 is 8.38 Å². The SMILES string of the molecule is CC(C)CCP(Oc1ccccc1)Oc1ccccc1. The summed E-state index contributed by atoms with van der Waals surface area (Å²) >= 11 is 0. The van der Waals surface area contributed by atoms with E-state index in [4.69, 9.17) is 9.05 Å². The highest BCUT2D eigenvalue weighted by atomic mass is 31.2. The van der Waals surface area contributed by atoms with Crippen LogP contribution in [0, 0.1) is 5.92 Å². The first-order valence-electron chi connectivity index (χ1n) is 6.97. The third-order valence-electron chi connectivity index (χ3n) is 2.79. The minimum Gasteiger partial charge on any atom is -0.439 e. The number of benzene rings is 2. The van der Waals surface area contributed by atoms with Crippen LogP contribution in [0.25, 0.3) is 0 Å². The average molecular weight is 288 g/mol. The molecule has 0 aliphatic rings. The summed E-state index contributed by atoms with van der Waals surface area (Å²) in [6.07, 6.45) is 2.04. The Morgan fingerprint density at radius 3 is 1.65 bits per heavy atom. The molecule has 106 valence electrons. The van der Waals surface area contributed by atoms with E-state index >= 15 is 0 Å². The molecule has 0 spiro atoms. The van der Waals surface area contributed by atoms with Crippen LogP contribution in [0.4, 0.5) is 0 Å². The van der Waals surface area contributed by atoms with Crippen molar-refractivity contribution >= 4 is 8.38 Å². The van der Waals surface area contributed by atoms with Crippen LogP contribution in [0.5, 0.6) is 11.5 Å². The molecule has 0 fully saturated rings. The summed E-state index contributed by atoms with van der Waals surface area (Å²) in [6.45, 7) is 4.44. The first kappa shape index (κ1) is 14.9. The van der Waals surface area contributed by atoms with Crippen molar-refractivity contribution in [3.63, 3.8) is 0 Å². The highest BCUT2D eigenvalue weighted by Crippen LogP contribution is 2.41. The van der Waals surface area contributed by atoms with Gasteiger partial charge in [0.2, 0.25) is 0 Å². The van der Waals surface area contributed by atoms with E-state index in [2.05, 4.69) is 13.8 Å². The highest BCUT2D eigenvalue weighted by Gasteiger charge is 2.15. The molecule has 2 nitrogen and oxygen atoms in total. The zero-order valence-electron chi connectivity index (χ0n) is 12.0. The Hall–Kier alpha value is -1.53. The van der Waals surface area contributed by atoms with Gasteiger partial charge in [-0.2, -0.15) is 0 Å². The largest absolute Gasteiger partial charge is 0.439 e. The third kappa shape index (κ3) is 5.22. The molecule has 2 aromatic carbocycles. The van der Waals surface area contributed by atoms with Crippen molar-refractivity contribution in [1.29, 1.82) is 0 Å². The lowest BCUT2D eigenvalue weighted by Crippen LogP contribution is -2.02. The molecule has 0 aliphatic carbocycles. The summed E-state index contributed by atoms with van der Waals surface area (Å²) < 4.78 is 12.0. The molecule has 0 saturated carbocycles. The minimum absolute atomic E-state index is 0.652. The van der Waals surface area contributed by atoms with Gasteiger partial charge in [-0.25, -0.2) is 0 Å². The van der Waals surface area contributed by atoms with Crippen molar-refractivity contribution in [2.45, 2.75) is 20.3 Å². The lowest BCUT2D eigenvalue weighted by Gasteiger charge is -2.19. The third-order valence-corrected chi connectivity index (χ3v) is 4.24. The molecule has 0 radical (unpaired) electrons. The maximum absolute atomic E-state index is 6.01.